The standard InChI is InChI=1S/C15H25N3O2S/c1-3-16-15(21)18(12-14-5-4-13(2)20-14)7-6-17-8-10-19-11-9-17/h4-5H,3,6-12H2,1-2H3,(H,16,21). The summed E-state index contributed by atoms with van der Waals surface area (Å²) < 4.78 is 11.1. The highest BCUT2D eigenvalue weighted by atomic mass is 32.1. The highest BCUT2D eigenvalue weighted by Gasteiger charge is 2.15. The van der Waals surface area contributed by atoms with Crippen molar-refractivity contribution in [2.75, 3.05) is 45.9 Å². The van der Waals surface area contributed by atoms with Crippen molar-refractivity contribution in [3.63, 3.8) is 0 Å². The average Bonchev–Trinajstić information content (AvgIpc) is 2.90. The SMILES string of the molecule is CCNC(=S)N(CCN1CCOCC1)Cc1ccc(C)o1. The van der Waals surface area contributed by atoms with Gasteiger partial charge in [0.2, 0.25) is 0 Å². The molecule has 0 aromatic carbocycles. The van der Waals surface area contributed by atoms with Gasteiger partial charge in [-0.25, -0.2) is 0 Å². The lowest BCUT2D eigenvalue weighted by Gasteiger charge is -2.31. The van der Waals surface area contributed by atoms with E-state index in [0.717, 1.165) is 62.6 Å². The maximum atomic E-state index is 5.67. The number of morpholine rings is 1. The van der Waals surface area contributed by atoms with Gasteiger partial charge < -0.3 is 19.4 Å². The third-order valence-corrected chi connectivity index (χ3v) is 3.95. The van der Waals surface area contributed by atoms with Crippen LogP contribution in [0.3, 0.4) is 0 Å². The molecule has 1 N–H and O–H groups in total. The summed E-state index contributed by atoms with van der Waals surface area (Å²) in [5.74, 6) is 1.89. The van der Waals surface area contributed by atoms with Crippen LogP contribution in [0.15, 0.2) is 16.5 Å². The number of thiocarbonyl (C=S) groups is 1. The number of ether oxygens (including phenoxy) is 1. The Balaban J connectivity index is 1.89. The number of rotatable bonds is 6. The maximum Gasteiger partial charge on any atom is 0.169 e. The summed E-state index contributed by atoms with van der Waals surface area (Å²) >= 11 is 5.48. The van der Waals surface area contributed by atoms with Gasteiger partial charge in [-0.15, -0.1) is 0 Å². The molecule has 118 valence electrons. The van der Waals surface area contributed by atoms with Crippen molar-refractivity contribution in [1.29, 1.82) is 0 Å². The van der Waals surface area contributed by atoms with E-state index in [0.29, 0.717) is 6.54 Å². The molecular formula is C15H25N3O2S. The van der Waals surface area contributed by atoms with Crippen molar-refractivity contribution in [3.05, 3.63) is 23.7 Å². The fourth-order valence-electron chi connectivity index (χ4n) is 2.36. The van der Waals surface area contributed by atoms with Crippen molar-refractivity contribution >= 4 is 17.3 Å². The highest BCUT2D eigenvalue weighted by molar-refractivity contribution is 7.80. The normalized spacial score (nSPS) is 15.9. The number of nitrogens with one attached hydrogen (secondary N) is 1. The predicted octanol–water partition coefficient (Wildman–Crippen LogP) is 1.62. The molecule has 6 heteroatoms. The molecule has 1 aliphatic rings. The minimum absolute atomic E-state index is 0.712. The molecule has 0 bridgehead atoms. The van der Waals surface area contributed by atoms with Gasteiger partial charge in [-0.1, -0.05) is 0 Å². The van der Waals surface area contributed by atoms with Crippen molar-refractivity contribution in [3.8, 4) is 0 Å². The van der Waals surface area contributed by atoms with Crippen molar-refractivity contribution in [2.45, 2.75) is 20.4 Å². The summed E-state index contributed by atoms with van der Waals surface area (Å²) in [5.41, 5.74) is 0. The first kappa shape index (κ1) is 16.3. The van der Waals surface area contributed by atoms with E-state index in [1.807, 2.05) is 19.1 Å². The number of nitrogens with zero attached hydrogens (tertiary/aromatic N) is 2. The molecule has 1 aromatic rings. The highest BCUT2D eigenvalue weighted by Crippen LogP contribution is 2.10. The lowest BCUT2D eigenvalue weighted by atomic mass is 10.3. The summed E-state index contributed by atoms with van der Waals surface area (Å²) in [6.45, 7) is 11.1. The van der Waals surface area contributed by atoms with Crippen LogP contribution in [0.2, 0.25) is 0 Å². The Kier molecular flexibility index (Phi) is 6.48. The van der Waals surface area contributed by atoms with E-state index >= 15 is 0 Å². The Morgan fingerprint density at radius 3 is 2.76 bits per heavy atom. The summed E-state index contributed by atoms with van der Waals surface area (Å²) in [6, 6.07) is 4.01. The molecule has 0 unspecified atom stereocenters. The maximum absolute atomic E-state index is 5.67. The summed E-state index contributed by atoms with van der Waals surface area (Å²) in [4.78, 5) is 4.59. The van der Waals surface area contributed by atoms with Crippen molar-refractivity contribution in [2.24, 2.45) is 0 Å². The number of furan rings is 1. The van der Waals surface area contributed by atoms with Gasteiger partial charge >= 0.3 is 0 Å². The van der Waals surface area contributed by atoms with Crippen molar-refractivity contribution in [1.82, 2.24) is 15.1 Å². The molecule has 0 atom stereocenters. The van der Waals surface area contributed by atoms with Crippen LogP contribution in [0.25, 0.3) is 0 Å². The predicted molar refractivity (Wildman–Crippen MR) is 87.4 cm³/mol. The zero-order valence-corrected chi connectivity index (χ0v) is 13.7. The summed E-state index contributed by atoms with van der Waals surface area (Å²) in [7, 11) is 0. The Bertz CT molecular complexity index is 444. The minimum atomic E-state index is 0.712. The monoisotopic (exact) mass is 311 g/mol. The molecule has 1 saturated heterocycles. The van der Waals surface area contributed by atoms with E-state index in [1.54, 1.807) is 0 Å². The Morgan fingerprint density at radius 2 is 2.14 bits per heavy atom. The Labute approximate surface area is 132 Å². The third-order valence-electron chi connectivity index (χ3n) is 3.55. The van der Waals surface area contributed by atoms with Gasteiger partial charge in [0.25, 0.3) is 0 Å². The smallest absolute Gasteiger partial charge is 0.169 e. The summed E-state index contributed by atoms with van der Waals surface area (Å²) in [5, 5.41) is 4.02. The van der Waals surface area contributed by atoms with E-state index in [1.165, 1.54) is 0 Å². The minimum Gasteiger partial charge on any atom is -0.464 e. The Morgan fingerprint density at radius 1 is 1.38 bits per heavy atom. The first-order valence-corrected chi connectivity index (χ1v) is 7.98. The molecule has 2 rings (SSSR count). The quantitative estimate of drug-likeness (QED) is 0.805. The molecule has 2 heterocycles. The number of hydrogen-bond donors (Lipinski definition) is 1. The topological polar surface area (TPSA) is 40.9 Å². The number of aryl methyl sites for hydroxylation is 1. The first-order chi connectivity index (χ1) is 10.2. The van der Waals surface area contributed by atoms with Gasteiger partial charge in [-0.3, -0.25) is 4.90 Å². The zero-order valence-electron chi connectivity index (χ0n) is 12.9. The van der Waals surface area contributed by atoms with Gasteiger partial charge in [0, 0.05) is 32.7 Å². The molecule has 1 aromatic heterocycles. The average molecular weight is 311 g/mol. The lowest BCUT2D eigenvalue weighted by Crippen LogP contribution is -2.45. The zero-order chi connectivity index (χ0) is 15.1. The Hall–Kier alpha value is -1.11. The molecule has 21 heavy (non-hydrogen) atoms. The summed E-state index contributed by atoms with van der Waals surface area (Å²) in [6.07, 6.45) is 0. The van der Waals surface area contributed by atoms with Crippen LogP contribution in [0.4, 0.5) is 0 Å². The second kappa shape index (κ2) is 8.36. The van der Waals surface area contributed by atoms with E-state index in [-0.39, 0.29) is 0 Å². The largest absolute Gasteiger partial charge is 0.464 e. The van der Waals surface area contributed by atoms with Gasteiger partial charge in [0.1, 0.15) is 11.5 Å². The van der Waals surface area contributed by atoms with Gasteiger partial charge in [0.15, 0.2) is 5.11 Å². The molecule has 1 fully saturated rings. The number of hydrogen-bond acceptors (Lipinski definition) is 4. The molecule has 0 radical (unpaired) electrons. The molecular weight excluding hydrogens is 286 g/mol. The third kappa shape index (κ3) is 5.30. The van der Waals surface area contributed by atoms with E-state index in [9.17, 15) is 0 Å². The lowest BCUT2D eigenvalue weighted by molar-refractivity contribution is 0.0355. The molecule has 0 aliphatic carbocycles. The van der Waals surface area contributed by atoms with Crippen LogP contribution in [0.1, 0.15) is 18.4 Å². The van der Waals surface area contributed by atoms with Crippen LogP contribution in [-0.4, -0.2) is 60.8 Å². The molecule has 1 aliphatic heterocycles. The van der Waals surface area contributed by atoms with Crippen LogP contribution in [-0.2, 0) is 11.3 Å². The van der Waals surface area contributed by atoms with E-state index in [4.69, 9.17) is 21.4 Å². The second-order valence-electron chi connectivity index (χ2n) is 5.22. The van der Waals surface area contributed by atoms with Crippen molar-refractivity contribution < 1.29 is 9.15 Å². The van der Waals surface area contributed by atoms with Crippen LogP contribution >= 0.6 is 12.2 Å². The van der Waals surface area contributed by atoms with E-state index in [2.05, 4.69) is 22.0 Å². The molecule has 0 spiro atoms. The van der Waals surface area contributed by atoms with Gasteiger partial charge in [0.05, 0.1) is 19.8 Å². The first-order valence-electron chi connectivity index (χ1n) is 7.57. The molecule has 0 saturated carbocycles. The molecule has 5 nitrogen and oxygen atoms in total. The van der Waals surface area contributed by atoms with E-state index < -0.39 is 0 Å². The fraction of sp³-hybridized carbons (Fsp3) is 0.667. The molecule has 0 amide bonds. The van der Waals surface area contributed by atoms with Crippen LogP contribution < -0.4 is 5.32 Å². The van der Waals surface area contributed by atoms with Crippen LogP contribution in [0, 0.1) is 6.92 Å². The second-order valence-corrected chi connectivity index (χ2v) is 5.61. The fourth-order valence-corrected chi connectivity index (χ4v) is 2.66. The van der Waals surface area contributed by atoms with Gasteiger partial charge in [-0.05, 0) is 38.2 Å². The van der Waals surface area contributed by atoms with Gasteiger partial charge in [-0.2, -0.15) is 0 Å². The van der Waals surface area contributed by atoms with Crippen LogP contribution in [0.5, 0.6) is 0 Å².